The molecule has 0 aliphatic rings. The SMILES string of the molecule is CCCCNC(=O)C(C)N(Cc1ccc(Cl)cc1Cl)C(=O)CN(c1ccccc1OCC)S(=O)(=O)c1ccccc1. The predicted molar refractivity (Wildman–Crippen MR) is 163 cm³/mol. The van der Waals surface area contributed by atoms with Gasteiger partial charge in [-0.3, -0.25) is 13.9 Å². The first kappa shape index (κ1) is 32.2. The van der Waals surface area contributed by atoms with E-state index in [2.05, 4.69) is 5.32 Å². The van der Waals surface area contributed by atoms with E-state index in [1.54, 1.807) is 74.5 Å². The second kappa shape index (κ2) is 15.1. The second-order valence-corrected chi connectivity index (χ2v) is 12.0. The van der Waals surface area contributed by atoms with Gasteiger partial charge in [-0.2, -0.15) is 0 Å². The van der Waals surface area contributed by atoms with Gasteiger partial charge in [-0.1, -0.05) is 72.9 Å². The highest BCUT2D eigenvalue weighted by Gasteiger charge is 2.34. The van der Waals surface area contributed by atoms with E-state index in [-0.39, 0.29) is 23.0 Å². The van der Waals surface area contributed by atoms with E-state index >= 15 is 0 Å². The summed E-state index contributed by atoms with van der Waals surface area (Å²) >= 11 is 12.5. The third kappa shape index (κ3) is 8.38. The number of carbonyl (C=O) groups is 2. The largest absolute Gasteiger partial charge is 0.492 e. The normalized spacial score (nSPS) is 11.9. The van der Waals surface area contributed by atoms with Crippen molar-refractivity contribution in [3.05, 3.63) is 88.4 Å². The number of rotatable bonds is 14. The fourth-order valence-electron chi connectivity index (χ4n) is 4.13. The molecule has 0 bridgehead atoms. The molecule has 0 saturated heterocycles. The zero-order valence-corrected chi connectivity index (χ0v) is 25.7. The molecule has 1 N–H and O–H groups in total. The number of ether oxygens (including phenoxy) is 1. The number of hydrogen-bond acceptors (Lipinski definition) is 5. The van der Waals surface area contributed by atoms with Crippen molar-refractivity contribution in [2.75, 3.05) is 24.0 Å². The Labute approximate surface area is 252 Å². The van der Waals surface area contributed by atoms with Crippen molar-refractivity contribution >= 4 is 50.7 Å². The van der Waals surface area contributed by atoms with Crippen LogP contribution in [0.1, 0.15) is 39.2 Å². The van der Waals surface area contributed by atoms with Crippen molar-refractivity contribution in [2.24, 2.45) is 0 Å². The van der Waals surface area contributed by atoms with E-state index in [0.717, 1.165) is 17.1 Å². The minimum atomic E-state index is -4.21. The van der Waals surface area contributed by atoms with Gasteiger partial charge < -0.3 is 15.0 Å². The van der Waals surface area contributed by atoms with Crippen LogP contribution in [0.25, 0.3) is 0 Å². The Balaban J connectivity index is 2.06. The number of unbranched alkanes of at least 4 members (excludes halogenated alkanes) is 1. The number of carbonyl (C=O) groups excluding carboxylic acids is 2. The molecule has 0 fully saturated rings. The Kier molecular flexibility index (Phi) is 11.9. The molecule has 8 nitrogen and oxygen atoms in total. The molecule has 0 aliphatic carbocycles. The molecule has 1 unspecified atom stereocenters. The molecule has 0 radical (unpaired) electrons. The zero-order chi connectivity index (χ0) is 30.0. The van der Waals surface area contributed by atoms with Gasteiger partial charge in [-0.05, 0) is 62.2 Å². The van der Waals surface area contributed by atoms with Crippen LogP contribution in [0.15, 0.2) is 77.7 Å². The lowest BCUT2D eigenvalue weighted by molar-refractivity contribution is -0.139. The van der Waals surface area contributed by atoms with Crippen molar-refractivity contribution < 1.29 is 22.7 Å². The first-order valence-electron chi connectivity index (χ1n) is 13.4. The maximum Gasteiger partial charge on any atom is 0.264 e. The van der Waals surface area contributed by atoms with E-state index in [4.69, 9.17) is 27.9 Å². The van der Waals surface area contributed by atoms with Crippen molar-refractivity contribution in [3.63, 3.8) is 0 Å². The van der Waals surface area contributed by atoms with Crippen molar-refractivity contribution in [2.45, 2.75) is 51.1 Å². The van der Waals surface area contributed by atoms with Gasteiger partial charge in [0.15, 0.2) is 0 Å². The fourth-order valence-corrected chi connectivity index (χ4v) is 6.04. The van der Waals surface area contributed by atoms with Gasteiger partial charge in [0.25, 0.3) is 10.0 Å². The third-order valence-corrected chi connectivity index (χ3v) is 8.76. The first-order chi connectivity index (χ1) is 19.6. The number of nitrogens with zero attached hydrogens (tertiary/aromatic N) is 2. The fraction of sp³-hybridized carbons (Fsp3) is 0.333. The maximum atomic E-state index is 14.1. The Morgan fingerprint density at radius 3 is 2.32 bits per heavy atom. The molecule has 11 heteroatoms. The molecule has 0 saturated carbocycles. The van der Waals surface area contributed by atoms with Crippen LogP contribution >= 0.6 is 23.2 Å². The lowest BCUT2D eigenvalue weighted by atomic mass is 10.1. The summed E-state index contributed by atoms with van der Waals surface area (Å²) in [6, 6.07) is 18.4. The lowest BCUT2D eigenvalue weighted by Crippen LogP contribution is -2.51. The summed E-state index contributed by atoms with van der Waals surface area (Å²) < 4.78 is 34.7. The standard InChI is InChI=1S/C30H35Cl2N3O5S/c1-4-6-18-33-30(37)22(3)34(20-23-16-17-24(31)19-26(23)32)29(36)21-35(27-14-10-11-15-28(27)40-5-2)41(38,39)25-12-8-7-9-13-25/h7-17,19,22H,4-6,18,20-21H2,1-3H3,(H,33,37). The highest BCUT2D eigenvalue weighted by atomic mass is 35.5. The highest BCUT2D eigenvalue weighted by Crippen LogP contribution is 2.33. The summed E-state index contributed by atoms with van der Waals surface area (Å²) in [5.41, 5.74) is 0.765. The molecule has 1 atom stereocenters. The van der Waals surface area contributed by atoms with Crippen LogP contribution in [0, 0.1) is 0 Å². The quantitative estimate of drug-likeness (QED) is 0.226. The average molecular weight is 621 g/mol. The number of sulfonamides is 1. The number of hydrogen-bond donors (Lipinski definition) is 1. The maximum absolute atomic E-state index is 14.1. The number of amides is 2. The van der Waals surface area contributed by atoms with Crippen LogP contribution in [0.3, 0.4) is 0 Å². The summed E-state index contributed by atoms with van der Waals surface area (Å²) in [5, 5.41) is 3.61. The molecule has 2 amide bonds. The van der Waals surface area contributed by atoms with Gasteiger partial charge in [-0.15, -0.1) is 0 Å². The van der Waals surface area contributed by atoms with Crippen LogP contribution < -0.4 is 14.4 Å². The van der Waals surface area contributed by atoms with Gasteiger partial charge in [0.2, 0.25) is 11.8 Å². The smallest absolute Gasteiger partial charge is 0.264 e. The molecule has 41 heavy (non-hydrogen) atoms. The number of para-hydroxylation sites is 2. The summed E-state index contributed by atoms with van der Waals surface area (Å²) in [4.78, 5) is 28.5. The van der Waals surface area contributed by atoms with Gasteiger partial charge in [-0.25, -0.2) is 8.42 Å². The topological polar surface area (TPSA) is 96.0 Å². The first-order valence-corrected chi connectivity index (χ1v) is 15.6. The summed E-state index contributed by atoms with van der Waals surface area (Å²) in [7, 11) is -4.21. The molecular formula is C30H35Cl2N3O5S. The van der Waals surface area contributed by atoms with Crippen molar-refractivity contribution in [3.8, 4) is 5.75 Å². The van der Waals surface area contributed by atoms with Crippen molar-refractivity contribution in [1.82, 2.24) is 10.2 Å². The van der Waals surface area contributed by atoms with Crippen LogP contribution in [-0.2, 0) is 26.2 Å². The highest BCUT2D eigenvalue weighted by molar-refractivity contribution is 7.92. The van der Waals surface area contributed by atoms with Crippen LogP contribution in [-0.4, -0.2) is 50.9 Å². The molecule has 0 heterocycles. The van der Waals surface area contributed by atoms with Gasteiger partial charge in [0, 0.05) is 23.1 Å². The van der Waals surface area contributed by atoms with Gasteiger partial charge in [0.05, 0.1) is 17.2 Å². The van der Waals surface area contributed by atoms with E-state index in [1.807, 2.05) is 6.92 Å². The van der Waals surface area contributed by atoms with Crippen molar-refractivity contribution in [1.29, 1.82) is 0 Å². The molecule has 0 aromatic heterocycles. The van der Waals surface area contributed by atoms with Crippen LogP contribution in [0.5, 0.6) is 5.75 Å². The molecule has 3 rings (SSSR count). The molecule has 3 aromatic rings. The number of anilines is 1. The van der Waals surface area contributed by atoms with E-state index in [0.29, 0.717) is 34.5 Å². The Bertz CT molecular complexity index is 1440. The lowest BCUT2D eigenvalue weighted by Gasteiger charge is -2.32. The van der Waals surface area contributed by atoms with E-state index in [1.165, 1.54) is 17.0 Å². The Morgan fingerprint density at radius 2 is 1.66 bits per heavy atom. The number of nitrogens with one attached hydrogen (secondary N) is 1. The molecule has 3 aromatic carbocycles. The average Bonchev–Trinajstić information content (AvgIpc) is 2.96. The second-order valence-electron chi connectivity index (χ2n) is 9.30. The third-order valence-electron chi connectivity index (χ3n) is 6.40. The van der Waals surface area contributed by atoms with Gasteiger partial charge in [0.1, 0.15) is 18.3 Å². The number of benzene rings is 3. The summed E-state index contributed by atoms with van der Waals surface area (Å²) in [5.74, 6) is -0.649. The summed E-state index contributed by atoms with van der Waals surface area (Å²) in [6.45, 7) is 5.53. The molecule has 0 aliphatic heterocycles. The molecule has 0 spiro atoms. The Hall–Kier alpha value is -3.27. The number of halogens is 2. The Morgan fingerprint density at radius 1 is 0.976 bits per heavy atom. The minimum Gasteiger partial charge on any atom is -0.492 e. The van der Waals surface area contributed by atoms with E-state index in [9.17, 15) is 18.0 Å². The van der Waals surface area contributed by atoms with E-state index < -0.39 is 28.5 Å². The van der Waals surface area contributed by atoms with Crippen LogP contribution in [0.4, 0.5) is 5.69 Å². The van der Waals surface area contributed by atoms with Gasteiger partial charge >= 0.3 is 0 Å². The molecular weight excluding hydrogens is 585 g/mol. The zero-order valence-electron chi connectivity index (χ0n) is 23.3. The predicted octanol–water partition coefficient (Wildman–Crippen LogP) is 5.92. The molecule has 220 valence electrons. The van der Waals surface area contributed by atoms with Crippen LogP contribution in [0.2, 0.25) is 10.0 Å². The minimum absolute atomic E-state index is 0.0109. The monoisotopic (exact) mass is 619 g/mol. The summed E-state index contributed by atoms with van der Waals surface area (Å²) in [6.07, 6.45) is 1.68.